The average Bonchev–Trinajstić information content (AvgIpc) is 3.10. The van der Waals surface area contributed by atoms with Crippen LogP contribution in [0.4, 0.5) is 0 Å². The molecular formula is C23H33N3O2. The van der Waals surface area contributed by atoms with Gasteiger partial charge in [-0.25, -0.2) is 0 Å². The average molecular weight is 384 g/mol. The van der Waals surface area contributed by atoms with E-state index in [1.165, 1.54) is 0 Å². The summed E-state index contributed by atoms with van der Waals surface area (Å²) in [4.78, 5) is 29.3. The zero-order chi connectivity index (χ0) is 20.4. The molecule has 0 radical (unpaired) electrons. The zero-order valence-corrected chi connectivity index (χ0v) is 17.4. The Morgan fingerprint density at radius 1 is 0.893 bits per heavy atom. The summed E-state index contributed by atoms with van der Waals surface area (Å²) in [5.41, 5.74) is 2.16. The van der Waals surface area contributed by atoms with Gasteiger partial charge in [-0.2, -0.15) is 0 Å². The Morgan fingerprint density at radius 2 is 1.64 bits per heavy atom. The summed E-state index contributed by atoms with van der Waals surface area (Å²) in [5, 5.41) is 0. The molecule has 2 aromatic rings. The number of nitrogens with zero attached hydrogens (tertiary/aromatic N) is 3. The smallest absolute Gasteiger partial charge is 0.242 e. The van der Waals surface area contributed by atoms with Crippen molar-refractivity contribution in [3.63, 3.8) is 0 Å². The van der Waals surface area contributed by atoms with Gasteiger partial charge in [-0.05, 0) is 30.5 Å². The second-order valence-electron chi connectivity index (χ2n) is 7.26. The molecule has 0 unspecified atom stereocenters. The van der Waals surface area contributed by atoms with Crippen LogP contribution in [-0.2, 0) is 29.7 Å². The van der Waals surface area contributed by atoms with Crippen molar-refractivity contribution < 1.29 is 9.59 Å². The molecule has 0 aliphatic carbocycles. The van der Waals surface area contributed by atoms with Crippen LogP contribution < -0.4 is 0 Å². The fraction of sp³-hybridized carbons (Fsp3) is 0.478. The number of benzene rings is 1. The zero-order valence-electron chi connectivity index (χ0n) is 17.4. The molecule has 0 saturated heterocycles. The first-order chi connectivity index (χ1) is 13.5. The number of hydrogen-bond acceptors (Lipinski definition) is 2. The van der Waals surface area contributed by atoms with E-state index in [4.69, 9.17) is 0 Å². The van der Waals surface area contributed by atoms with Crippen molar-refractivity contribution in [2.75, 3.05) is 13.1 Å². The van der Waals surface area contributed by atoms with Gasteiger partial charge in [0.25, 0.3) is 0 Å². The van der Waals surface area contributed by atoms with E-state index >= 15 is 0 Å². The Hall–Kier alpha value is -2.56. The first-order valence-electron chi connectivity index (χ1n) is 10.2. The van der Waals surface area contributed by atoms with E-state index in [-0.39, 0.29) is 18.4 Å². The molecule has 0 spiro atoms. The van der Waals surface area contributed by atoms with Crippen molar-refractivity contribution in [3.05, 3.63) is 59.9 Å². The van der Waals surface area contributed by atoms with Crippen LogP contribution in [0.3, 0.4) is 0 Å². The molecule has 2 amide bonds. The van der Waals surface area contributed by atoms with Crippen molar-refractivity contribution in [1.29, 1.82) is 0 Å². The minimum Gasteiger partial charge on any atom is -0.353 e. The summed E-state index contributed by atoms with van der Waals surface area (Å²) >= 11 is 0. The molecule has 5 heteroatoms. The van der Waals surface area contributed by atoms with Crippen LogP contribution in [0.5, 0.6) is 0 Å². The Labute approximate surface area is 168 Å². The molecule has 0 saturated carbocycles. The monoisotopic (exact) mass is 383 g/mol. The van der Waals surface area contributed by atoms with Gasteiger partial charge >= 0.3 is 0 Å². The Morgan fingerprint density at radius 3 is 2.25 bits per heavy atom. The second kappa shape index (κ2) is 11.3. The van der Waals surface area contributed by atoms with Crippen molar-refractivity contribution in [2.24, 2.45) is 7.05 Å². The molecule has 0 N–H and O–H groups in total. The molecule has 1 aromatic carbocycles. The lowest BCUT2D eigenvalue weighted by Crippen LogP contribution is -2.43. The van der Waals surface area contributed by atoms with Gasteiger partial charge in [-0.1, -0.05) is 50.6 Å². The van der Waals surface area contributed by atoms with Crippen LogP contribution in [0.1, 0.15) is 50.8 Å². The van der Waals surface area contributed by atoms with Crippen molar-refractivity contribution in [2.45, 2.75) is 52.6 Å². The number of carbonyl (C=O) groups excluding carboxylic acids is 2. The number of hydrogen-bond donors (Lipinski definition) is 0. The van der Waals surface area contributed by atoms with Crippen LogP contribution in [0, 0.1) is 0 Å². The van der Waals surface area contributed by atoms with Crippen molar-refractivity contribution >= 4 is 11.8 Å². The van der Waals surface area contributed by atoms with Gasteiger partial charge in [-0.15, -0.1) is 0 Å². The first kappa shape index (κ1) is 21.7. The number of aromatic nitrogens is 1. The van der Waals surface area contributed by atoms with Gasteiger partial charge in [0.15, 0.2) is 0 Å². The highest BCUT2D eigenvalue weighted by Gasteiger charge is 2.21. The molecule has 0 fully saturated rings. The summed E-state index contributed by atoms with van der Waals surface area (Å²) in [6, 6.07) is 14.0. The van der Waals surface area contributed by atoms with Crippen LogP contribution in [0.2, 0.25) is 0 Å². The van der Waals surface area contributed by atoms with Crippen molar-refractivity contribution in [1.82, 2.24) is 14.4 Å². The van der Waals surface area contributed by atoms with Gasteiger partial charge in [0.05, 0.1) is 13.1 Å². The SMILES string of the molecule is CCCCN(CC(=O)N(Cc1ccccc1)Cc1cccn1C)C(=O)CCC. The minimum atomic E-state index is -0.00870. The number of aryl methyl sites for hydroxylation is 1. The van der Waals surface area contributed by atoms with E-state index in [0.29, 0.717) is 26.1 Å². The van der Waals surface area contributed by atoms with Gasteiger partial charge in [0.1, 0.15) is 0 Å². The number of carbonyl (C=O) groups is 2. The standard InChI is InChI=1S/C23H33N3O2/c1-4-6-16-25(22(27)11-5-2)19-23(28)26(17-20-12-8-7-9-13-20)18-21-14-10-15-24(21)3/h7-10,12-15H,4-6,11,16-19H2,1-3H3. The van der Waals surface area contributed by atoms with Gasteiger partial charge in [-0.3, -0.25) is 9.59 Å². The molecule has 0 bridgehead atoms. The van der Waals surface area contributed by atoms with E-state index < -0.39 is 0 Å². The summed E-state index contributed by atoms with van der Waals surface area (Å²) in [6.45, 7) is 5.95. The van der Waals surface area contributed by atoms with E-state index in [0.717, 1.165) is 30.5 Å². The molecule has 0 atom stereocenters. The lowest BCUT2D eigenvalue weighted by molar-refractivity contribution is -0.141. The van der Waals surface area contributed by atoms with Crippen LogP contribution in [0.15, 0.2) is 48.7 Å². The number of unbranched alkanes of at least 4 members (excludes halogenated alkanes) is 1. The summed E-state index contributed by atoms with van der Waals surface area (Å²) in [5.74, 6) is 0.0634. The van der Waals surface area contributed by atoms with Gasteiger partial charge in [0.2, 0.25) is 11.8 Å². The Balaban J connectivity index is 2.15. The highest BCUT2D eigenvalue weighted by atomic mass is 16.2. The fourth-order valence-electron chi connectivity index (χ4n) is 3.17. The normalized spacial score (nSPS) is 10.7. The molecule has 28 heavy (non-hydrogen) atoms. The largest absolute Gasteiger partial charge is 0.353 e. The number of rotatable bonds is 11. The molecule has 0 aliphatic rings. The molecule has 1 aromatic heterocycles. The summed E-state index contributed by atoms with van der Waals surface area (Å²) < 4.78 is 2.03. The lowest BCUT2D eigenvalue weighted by atomic mass is 10.2. The quantitative estimate of drug-likeness (QED) is 0.589. The molecule has 2 rings (SSSR count). The third-order valence-electron chi connectivity index (χ3n) is 4.90. The maximum Gasteiger partial charge on any atom is 0.242 e. The highest BCUT2D eigenvalue weighted by Crippen LogP contribution is 2.12. The third kappa shape index (κ3) is 6.55. The lowest BCUT2D eigenvalue weighted by Gasteiger charge is -2.28. The van der Waals surface area contributed by atoms with Crippen LogP contribution in [0.25, 0.3) is 0 Å². The second-order valence-corrected chi connectivity index (χ2v) is 7.26. The first-order valence-corrected chi connectivity index (χ1v) is 10.2. The molecule has 1 heterocycles. The number of amides is 2. The maximum absolute atomic E-state index is 13.2. The van der Waals surface area contributed by atoms with E-state index in [1.54, 1.807) is 4.90 Å². The Bertz CT molecular complexity index is 739. The van der Waals surface area contributed by atoms with Crippen LogP contribution in [-0.4, -0.2) is 39.3 Å². The van der Waals surface area contributed by atoms with Gasteiger partial charge in [0, 0.05) is 38.4 Å². The highest BCUT2D eigenvalue weighted by molar-refractivity contribution is 5.84. The molecule has 152 valence electrons. The molecule has 0 aliphatic heterocycles. The summed E-state index contributed by atoms with van der Waals surface area (Å²) in [6.07, 6.45) is 5.19. The molecule has 5 nitrogen and oxygen atoms in total. The van der Waals surface area contributed by atoms with E-state index in [1.807, 2.05) is 72.1 Å². The van der Waals surface area contributed by atoms with Gasteiger partial charge < -0.3 is 14.4 Å². The Kier molecular flexibility index (Phi) is 8.79. The maximum atomic E-state index is 13.2. The van der Waals surface area contributed by atoms with Crippen molar-refractivity contribution in [3.8, 4) is 0 Å². The van der Waals surface area contributed by atoms with E-state index in [2.05, 4.69) is 6.92 Å². The predicted molar refractivity (Wildman–Crippen MR) is 113 cm³/mol. The topological polar surface area (TPSA) is 45.6 Å². The predicted octanol–water partition coefficient (Wildman–Crippen LogP) is 3.98. The molecular weight excluding hydrogens is 350 g/mol. The minimum absolute atomic E-state index is 0.00870. The van der Waals surface area contributed by atoms with Crippen LogP contribution >= 0.6 is 0 Å². The van der Waals surface area contributed by atoms with E-state index in [9.17, 15) is 9.59 Å². The summed E-state index contributed by atoms with van der Waals surface area (Å²) in [7, 11) is 1.98. The third-order valence-corrected chi connectivity index (χ3v) is 4.90. The fourth-order valence-corrected chi connectivity index (χ4v) is 3.17.